The molecule has 110 valence electrons. The van der Waals surface area contributed by atoms with E-state index in [1.807, 2.05) is 19.1 Å². The first-order valence-corrected chi connectivity index (χ1v) is 7.68. The Hall–Kier alpha value is -1.40. The van der Waals surface area contributed by atoms with Crippen LogP contribution in [0.15, 0.2) is 45.3 Å². The summed E-state index contributed by atoms with van der Waals surface area (Å²) in [5.41, 5.74) is 1.30. The van der Waals surface area contributed by atoms with Crippen LogP contribution in [0.1, 0.15) is 5.56 Å². The molecule has 21 heavy (non-hydrogen) atoms. The average Bonchev–Trinajstić information content (AvgIpc) is 2.37. The van der Waals surface area contributed by atoms with E-state index in [1.165, 1.54) is 18.2 Å². The highest BCUT2D eigenvalue weighted by Crippen LogP contribution is 2.32. The normalized spacial score (nSPS) is 10.3. The number of ether oxygens (including phenoxy) is 1. The van der Waals surface area contributed by atoms with Gasteiger partial charge in [-0.15, -0.1) is 0 Å². The topological polar surface area (TPSA) is 38.3 Å². The number of aryl methyl sites for hydroxylation is 1. The van der Waals surface area contributed by atoms with E-state index in [9.17, 15) is 9.18 Å². The number of anilines is 1. The molecule has 0 atom stereocenters. The van der Waals surface area contributed by atoms with E-state index < -0.39 is 5.82 Å². The molecule has 0 aromatic heterocycles. The molecule has 0 bridgehead atoms. The summed E-state index contributed by atoms with van der Waals surface area (Å²) in [4.78, 5) is 11.8. The quantitative estimate of drug-likeness (QED) is 0.785. The highest BCUT2D eigenvalue weighted by molar-refractivity contribution is 9.11. The number of carbonyl (C=O) groups is 1. The van der Waals surface area contributed by atoms with Gasteiger partial charge in [-0.05, 0) is 58.7 Å². The van der Waals surface area contributed by atoms with Gasteiger partial charge in [-0.25, -0.2) is 4.39 Å². The summed E-state index contributed by atoms with van der Waals surface area (Å²) >= 11 is 6.77. The van der Waals surface area contributed by atoms with Crippen molar-refractivity contribution < 1.29 is 13.9 Å². The fourth-order valence-electron chi connectivity index (χ4n) is 1.77. The predicted octanol–water partition coefficient (Wildman–Crippen LogP) is 4.68. The number of rotatable bonds is 4. The summed E-state index contributed by atoms with van der Waals surface area (Å²) in [6, 6.07) is 9.44. The highest BCUT2D eigenvalue weighted by atomic mass is 79.9. The molecule has 0 heterocycles. The highest BCUT2D eigenvalue weighted by Gasteiger charge is 2.10. The second kappa shape index (κ2) is 7.04. The van der Waals surface area contributed by atoms with Crippen LogP contribution in [0.4, 0.5) is 10.1 Å². The zero-order chi connectivity index (χ0) is 15.4. The Balaban J connectivity index is 1.99. The van der Waals surface area contributed by atoms with Crippen LogP contribution in [-0.2, 0) is 4.79 Å². The van der Waals surface area contributed by atoms with Crippen molar-refractivity contribution in [1.29, 1.82) is 0 Å². The van der Waals surface area contributed by atoms with Gasteiger partial charge in [-0.2, -0.15) is 0 Å². The molecule has 0 saturated heterocycles. The van der Waals surface area contributed by atoms with Gasteiger partial charge in [0.1, 0.15) is 11.6 Å². The molecular weight excluding hydrogens is 405 g/mol. The zero-order valence-electron chi connectivity index (χ0n) is 11.1. The number of hydrogen-bond acceptors (Lipinski definition) is 2. The third kappa shape index (κ3) is 4.54. The Morgan fingerprint density at radius 3 is 2.71 bits per heavy atom. The average molecular weight is 417 g/mol. The Labute approximate surface area is 138 Å². The summed E-state index contributed by atoms with van der Waals surface area (Å²) in [6.07, 6.45) is 0. The van der Waals surface area contributed by atoms with Crippen molar-refractivity contribution in [1.82, 2.24) is 0 Å². The lowest BCUT2D eigenvalue weighted by atomic mass is 10.2. The van der Waals surface area contributed by atoms with E-state index in [0.717, 1.165) is 14.5 Å². The van der Waals surface area contributed by atoms with Gasteiger partial charge >= 0.3 is 0 Å². The molecule has 0 spiro atoms. The predicted molar refractivity (Wildman–Crippen MR) is 87.1 cm³/mol. The number of nitrogens with one attached hydrogen (secondary N) is 1. The molecule has 1 N–H and O–H groups in total. The van der Waals surface area contributed by atoms with Crippen LogP contribution in [0.2, 0.25) is 0 Å². The fraction of sp³-hybridized carbons (Fsp3) is 0.133. The van der Waals surface area contributed by atoms with Crippen LogP contribution in [0.3, 0.4) is 0 Å². The maximum absolute atomic E-state index is 13.0. The maximum atomic E-state index is 13.0. The van der Waals surface area contributed by atoms with Crippen molar-refractivity contribution in [2.75, 3.05) is 11.9 Å². The maximum Gasteiger partial charge on any atom is 0.262 e. The standard InChI is InChI=1S/C15H12Br2FNO2/c1-9-5-10(16)6-13(17)15(9)21-8-14(20)19-12-4-2-3-11(18)7-12/h2-7H,8H2,1H3,(H,19,20). The van der Waals surface area contributed by atoms with Gasteiger partial charge in [0, 0.05) is 10.2 Å². The van der Waals surface area contributed by atoms with E-state index in [2.05, 4.69) is 37.2 Å². The van der Waals surface area contributed by atoms with Crippen LogP contribution in [-0.4, -0.2) is 12.5 Å². The van der Waals surface area contributed by atoms with Crippen LogP contribution < -0.4 is 10.1 Å². The first-order chi connectivity index (χ1) is 9.95. The molecule has 6 heteroatoms. The monoisotopic (exact) mass is 415 g/mol. The lowest BCUT2D eigenvalue weighted by Gasteiger charge is -2.12. The molecule has 2 aromatic carbocycles. The number of benzene rings is 2. The third-order valence-electron chi connectivity index (χ3n) is 2.65. The molecular formula is C15H12Br2FNO2. The molecule has 0 aliphatic rings. The Kier molecular flexibility index (Phi) is 5.36. The van der Waals surface area contributed by atoms with Crippen molar-refractivity contribution in [2.24, 2.45) is 0 Å². The van der Waals surface area contributed by atoms with Crippen LogP contribution in [0.25, 0.3) is 0 Å². The number of amides is 1. The van der Waals surface area contributed by atoms with Gasteiger partial charge in [0.25, 0.3) is 5.91 Å². The summed E-state index contributed by atoms with van der Waals surface area (Å²) in [6.45, 7) is 1.73. The van der Waals surface area contributed by atoms with Gasteiger partial charge < -0.3 is 10.1 Å². The minimum atomic E-state index is -0.403. The minimum absolute atomic E-state index is 0.155. The van der Waals surface area contributed by atoms with Crippen molar-refractivity contribution >= 4 is 43.5 Å². The van der Waals surface area contributed by atoms with Crippen molar-refractivity contribution in [3.63, 3.8) is 0 Å². The first-order valence-electron chi connectivity index (χ1n) is 6.09. The zero-order valence-corrected chi connectivity index (χ0v) is 14.3. The van der Waals surface area contributed by atoms with Gasteiger partial charge in [0.05, 0.1) is 4.47 Å². The van der Waals surface area contributed by atoms with Crippen molar-refractivity contribution in [3.05, 3.63) is 56.7 Å². The molecule has 0 fully saturated rings. The lowest BCUT2D eigenvalue weighted by Crippen LogP contribution is -2.20. The third-order valence-corrected chi connectivity index (χ3v) is 3.70. The number of hydrogen-bond donors (Lipinski definition) is 1. The van der Waals surface area contributed by atoms with Gasteiger partial charge in [-0.1, -0.05) is 22.0 Å². The molecule has 0 aliphatic carbocycles. The fourth-order valence-corrected chi connectivity index (χ4v) is 3.33. The first kappa shape index (κ1) is 16.0. The van der Waals surface area contributed by atoms with E-state index in [0.29, 0.717) is 11.4 Å². The number of halogens is 3. The van der Waals surface area contributed by atoms with Crippen molar-refractivity contribution in [3.8, 4) is 5.75 Å². The number of carbonyl (C=O) groups excluding carboxylic acids is 1. The van der Waals surface area contributed by atoms with Gasteiger partial charge in [0.2, 0.25) is 0 Å². The Bertz CT molecular complexity index is 653. The molecule has 0 unspecified atom stereocenters. The molecule has 0 aliphatic heterocycles. The summed E-state index contributed by atoms with van der Waals surface area (Å²) in [7, 11) is 0. The van der Waals surface area contributed by atoms with E-state index in [4.69, 9.17) is 4.74 Å². The summed E-state index contributed by atoms with van der Waals surface area (Å²) < 4.78 is 20.2. The largest absolute Gasteiger partial charge is 0.482 e. The molecule has 2 aromatic rings. The Morgan fingerprint density at radius 1 is 1.29 bits per heavy atom. The lowest BCUT2D eigenvalue weighted by molar-refractivity contribution is -0.118. The van der Waals surface area contributed by atoms with E-state index in [-0.39, 0.29) is 12.5 Å². The molecule has 0 saturated carbocycles. The SMILES string of the molecule is Cc1cc(Br)cc(Br)c1OCC(=O)Nc1cccc(F)c1. The molecule has 1 amide bonds. The second-order valence-electron chi connectivity index (χ2n) is 4.38. The molecule has 2 rings (SSSR count). The van der Waals surface area contributed by atoms with Crippen LogP contribution in [0.5, 0.6) is 5.75 Å². The van der Waals surface area contributed by atoms with Crippen molar-refractivity contribution in [2.45, 2.75) is 6.92 Å². The summed E-state index contributed by atoms with van der Waals surface area (Å²) in [5, 5.41) is 2.57. The van der Waals surface area contributed by atoms with E-state index in [1.54, 1.807) is 6.07 Å². The minimum Gasteiger partial charge on any atom is -0.482 e. The Morgan fingerprint density at radius 2 is 2.05 bits per heavy atom. The van der Waals surface area contributed by atoms with E-state index >= 15 is 0 Å². The van der Waals surface area contributed by atoms with Gasteiger partial charge in [0.15, 0.2) is 6.61 Å². The van der Waals surface area contributed by atoms with Gasteiger partial charge in [-0.3, -0.25) is 4.79 Å². The molecule has 0 radical (unpaired) electrons. The smallest absolute Gasteiger partial charge is 0.262 e. The second-order valence-corrected chi connectivity index (χ2v) is 6.15. The summed E-state index contributed by atoms with van der Waals surface area (Å²) in [5.74, 6) is -0.150. The van der Waals surface area contributed by atoms with Crippen LogP contribution in [0, 0.1) is 12.7 Å². The molecule has 3 nitrogen and oxygen atoms in total. The van der Waals surface area contributed by atoms with Crippen LogP contribution >= 0.6 is 31.9 Å².